The van der Waals surface area contributed by atoms with Crippen molar-refractivity contribution in [3.63, 3.8) is 0 Å². The minimum atomic E-state index is -0.283. The van der Waals surface area contributed by atoms with Crippen molar-refractivity contribution in [1.29, 1.82) is 0 Å². The first kappa shape index (κ1) is 73.3. The van der Waals surface area contributed by atoms with Gasteiger partial charge in [0, 0.05) is 83.5 Å². The Kier molecular flexibility index (Phi) is 20.0. The summed E-state index contributed by atoms with van der Waals surface area (Å²) in [5.74, 6) is 5.02. The van der Waals surface area contributed by atoms with Gasteiger partial charge in [-0.1, -0.05) is 75.3 Å². The molecular formula is C83H57BrClFN26S6. The predicted molar refractivity (Wildman–Crippen MR) is 484 cm³/mol. The molecule has 1 aliphatic heterocycles. The molecule has 0 aliphatic carbocycles. The van der Waals surface area contributed by atoms with Gasteiger partial charge in [0.05, 0.1) is 104 Å². The first-order valence-corrected chi connectivity index (χ1v) is 42.9. The van der Waals surface area contributed by atoms with Crippen LogP contribution in [-0.2, 0) is 13.0 Å². The lowest BCUT2D eigenvalue weighted by atomic mass is 10.0. The molecule has 15 heterocycles. The fourth-order valence-electron chi connectivity index (χ4n) is 13.3. The van der Waals surface area contributed by atoms with Gasteiger partial charge in [0.2, 0.25) is 23.8 Å². The molecule has 118 heavy (non-hydrogen) atoms. The van der Waals surface area contributed by atoms with E-state index in [9.17, 15) is 4.39 Å². The topological polar surface area (TPSA) is 331 Å². The Morgan fingerprint density at radius 2 is 0.839 bits per heavy atom. The monoisotopic (exact) mass is 1740 g/mol. The van der Waals surface area contributed by atoms with E-state index < -0.39 is 0 Å². The standard InChI is InChI=1S/C22H14ClN7S2.C22H18N6S.C20H12FN7S2.C19H13BrN6S/c23-14-3-1-12(2-4-14)18-11-32-22(27-18)29-21-26-17-7-8-31-19(17)20(28-21)25-15-5-6-16-13(9-15)10-24-30-16;1-2-4-15-13-28(9-7-14(15)3-1)22-25-19-8-10-29-20(19)21(26-22)24-17-5-6-18-16(11-17)12-23-27-18;21-11-1-3-14-16(8-11)30-20(25-14)27-19-24-15-5-6-29-17(15)18(26-19)23-12-2-4-13-10(7-12)9-22-28-13;20-12-1-3-13(4-2-12)23-19-24-16-7-8-27-17(16)18(25-19)22-14-5-6-15-11(9-14)10-21-26-15/h1-11H,(H,24,30)(H2,25,26,27,28,29);1-6,8,10-12H,7,9,13H2,(H,23,27)(H,24,25,26);1-9H,(H,22,28)(H2,23,24,25,26,27);1-10H,(H,21,26)(H2,22,23,24,25). The molecule has 0 atom stereocenters. The molecule has 0 radical (unpaired) electrons. The van der Waals surface area contributed by atoms with Gasteiger partial charge in [-0.2, -0.15) is 40.3 Å². The molecule has 26 nitrogen and oxygen atoms in total. The zero-order valence-corrected chi connectivity index (χ0v) is 68.2. The number of halogens is 3. The minimum absolute atomic E-state index is 0.283. The lowest BCUT2D eigenvalue weighted by Crippen LogP contribution is -2.31. The van der Waals surface area contributed by atoms with E-state index in [1.807, 2.05) is 167 Å². The maximum atomic E-state index is 13.5. The van der Waals surface area contributed by atoms with Crippen molar-refractivity contribution in [1.82, 2.24) is 90.6 Å². The van der Waals surface area contributed by atoms with Crippen LogP contribution in [0.15, 0.2) is 244 Å². The molecule has 35 heteroatoms. The molecule has 576 valence electrons. The lowest BCUT2D eigenvalue weighted by molar-refractivity contribution is 0.630. The summed E-state index contributed by atoms with van der Waals surface area (Å²) in [6, 6.07) is 60.8. The SMILES string of the molecule is Brc1ccc(Nc2nc(Nc3ccc4[nH]ncc4c3)c3sccc3n2)cc1.Clc1ccc(-c2csc(Nc3nc(Nc4ccc5[nH]ncc5c4)c4sccc4n3)n2)cc1.Fc1ccc2nc(Nc3nc(Nc4ccc5[nH]ncc5c4)c4sccc4n3)sc2c1.c1ccc2c(c1)CCN(c1nc(Nc3ccc4[nH]ncc4c3)c3sccc3n1)C2. The zero-order valence-electron chi connectivity index (χ0n) is 61.0. The lowest BCUT2D eigenvalue weighted by Gasteiger charge is -2.29. The molecule has 8 aromatic carbocycles. The number of hydrogen-bond acceptors (Lipinski definition) is 28. The number of benzene rings is 8. The molecular weight excluding hydrogens is 1690 g/mol. The van der Waals surface area contributed by atoms with E-state index in [-0.39, 0.29) is 5.82 Å². The van der Waals surface area contributed by atoms with Crippen LogP contribution in [0.1, 0.15) is 11.1 Å². The van der Waals surface area contributed by atoms with E-state index >= 15 is 0 Å². The van der Waals surface area contributed by atoms with E-state index in [1.165, 1.54) is 45.9 Å². The Balaban J connectivity index is 0.000000101. The molecule has 23 rings (SSSR count). The van der Waals surface area contributed by atoms with Crippen LogP contribution < -0.4 is 42.1 Å². The molecule has 0 bridgehead atoms. The average Bonchev–Trinajstić information content (AvgIpc) is 1.42. The van der Waals surface area contributed by atoms with Crippen LogP contribution in [0.3, 0.4) is 0 Å². The molecule has 14 aromatic heterocycles. The van der Waals surface area contributed by atoms with Crippen LogP contribution >= 0.6 is 95.6 Å². The third-order valence-corrected chi connectivity index (χ3v) is 25.1. The molecule has 11 N–H and O–H groups in total. The van der Waals surface area contributed by atoms with E-state index in [2.05, 4.69) is 171 Å². The van der Waals surface area contributed by atoms with E-state index in [0.717, 1.165) is 187 Å². The molecule has 0 saturated heterocycles. The maximum Gasteiger partial charge on any atom is 0.231 e. The van der Waals surface area contributed by atoms with Crippen LogP contribution in [0.5, 0.6) is 0 Å². The number of H-pyrrole nitrogens is 4. The number of thiophene rings is 4. The molecule has 22 aromatic rings. The summed E-state index contributed by atoms with van der Waals surface area (Å²) in [4.78, 5) is 49.1. The summed E-state index contributed by atoms with van der Waals surface area (Å²) in [5.41, 5.74) is 17.6. The fraction of sp³-hybridized carbons (Fsp3) is 0.0361. The summed E-state index contributed by atoms with van der Waals surface area (Å²) in [7, 11) is 0. The van der Waals surface area contributed by atoms with E-state index in [0.29, 0.717) is 33.8 Å². The van der Waals surface area contributed by atoms with E-state index in [1.54, 1.807) is 63.8 Å². The fourth-order valence-corrected chi connectivity index (χ4v) is 18.4. The second kappa shape index (κ2) is 32.2. The van der Waals surface area contributed by atoms with Crippen molar-refractivity contribution in [3.8, 4) is 11.3 Å². The van der Waals surface area contributed by atoms with Crippen molar-refractivity contribution >= 4 is 276 Å². The van der Waals surface area contributed by atoms with Crippen molar-refractivity contribution in [2.24, 2.45) is 0 Å². The minimum Gasteiger partial charge on any atom is -0.339 e. The number of hydrogen-bond donors (Lipinski definition) is 11. The van der Waals surface area contributed by atoms with Crippen molar-refractivity contribution in [3.05, 3.63) is 266 Å². The normalized spacial score (nSPS) is 11.9. The van der Waals surface area contributed by atoms with Crippen LogP contribution in [0.2, 0.25) is 5.02 Å². The Morgan fingerprint density at radius 1 is 0.390 bits per heavy atom. The highest BCUT2D eigenvalue weighted by Crippen LogP contribution is 2.39. The van der Waals surface area contributed by atoms with Crippen LogP contribution in [0.4, 0.5) is 90.2 Å². The quantitative estimate of drug-likeness (QED) is 0.0428. The number of rotatable bonds is 16. The number of aromatic amines is 4. The highest BCUT2D eigenvalue weighted by atomic mass is 79.9. The number of aromatic nitrogens is 18. The first-order valence-electron chi connectivity index (χ1n) is 36.5. The molecule has 0 saturated carbocycles. The average molecular weight is 1750 g/mol. The molecule has 0 amide bonds. The van der Waals surface area contributed by atoms with Gasteiger partial charge in [-0.15, -0.1) is 56.7 Å². The summed E-state index contributed by atoms with van der Waals surface area (Å²) in [6.07, 6.45) is 8.24. The maximum absolute atomic E-state index is 13.5. The van der Waals surface area contributed by atoms with Crippen LogP contribution in [-0.4, -0.2) is 97.2 Å². The van der Waals surface area contributed by atoms with Crippen molar-refractivity contribution in [2.75, 3.05) is 48.7 Å². The van der Waals surface area contributed by atoms with E-state index in [4.69, 9.17) is 31.5 Å². The van der Waals surface area contributed by atoms with Crippen LogP contribution in [0, 0.1) is 5.82 Å². The van der Waals surface area contributed by atoms with Crippen LogP contribution in [0.25, 0.3) is 106 Å². The van der Waals surface area contributed by atoms with Gasteiger partial charge in [0.15, 0.2) is 33.5 Å². The van der Waals surface area contributed by atoms with Gasteiger partial charge < -0.3 is 31.5 Å². The zero-order chi connectivity index (χ0) is 79.0. The predicted octanol–water partition coefficient (Wildman–Crippen LogP) is 23.3. The Bertz CT molecular complexity index is 7420. The van der Waals surface area contributed by atoms with Gasteiger partial charge in [-0.3, -0.25) is 31.0 Å². The highest BCUT2D eigenvalue weighted by Gasteiger charge is 2.22. The highest BCUT2D eigenvalue weighted by molar-refractivity contribution is 9.10. The first-order chi connectivity index (χ1) is 58.0. The Hall–Kier alpha value is -13.6. The largest absolute Gasteiger partial charge is 0.339 e. The van der Waals surface area contributed by atoms with Gasteiger partial charge in [-0.05, 0) is 191 Å². The summed E-state index contributed by atoms with van der Waals surface area (Å²) in [5, 5.41) is 67.8. The molecule has 1 aliphatic rings. The third-order valence-electron chi connectivity index (χ3n) is 19.0. The molecule has 0 unspecified atom stereocenters. The number of thiazole rings is 2. The molecule has 0 fully saturated rings. The van der Waals surface area contributed by atoms with Gasteiger partial charge in [0.25, 0.3) is 0 Å². The second-order valence-corrected chi connectivity index (χ2v) is 33.7. The Morgan fingerprint density at radius 3 is 1.34 bits per heavy atom. The number of nitrogens with zero attached hydrogens (tertiary/aromatic N) is 15. The summed E-state index contributed by atoms with van der Waals surface area (Å²) >= 11 is 18.7. The van der Waals surface area contributed by atoms with Crippen molar-refractivity contribution < 1.29 is 4.39 Å². The smallest absolute Gasteiger partial charge is 0.231 e. The number of fused-ring (bicyclic) bond motifs is 10. The second-order valence-electron chi connectivity index (χ2n) is 26.8. The van der Waals surface area contributed by atoms with Gasteiger partial charge in [0.1, 0.15) is 5.82 Å². The number of nitrogens with one attached hydrogen (secondary N) is 11. The van der Waals surface area contributed by atoms with Crippen molar-refractivity contribution in [2.45, 2.75) is 13.0 Å². The summed E-state index contributed by atoms with van der Waals surface area (Å²) in [6.45, 7) is 1.76. The van der Waals surface area contributed by atoms with Gasteiger partial charge >= 0.3 is 0 Å². The summed E-state index contributed by atoms with van der Waals surface area (Å²) < 4.78 is 19.3. The molecule has 0 spiro atoms. The number of anilines is 15. The van der Waals surface area contributed by atoms with Gasteiger partial charge in [-0.25, -0.2) is 34.3 Å². The Labute approximate surface area is 704 Å². The third kappa shape index (κ3) is 16.0.